The minimum atomic E-state index is -0.560. The monoisotopic (exact) mass is 459 g/mol. The van der Waals surface area contributed by atoms with Crippen molar-refractivity contribution in [2.45, 2.75) is 32.9 Å². The molecule has 1 aromatic carbocycles. The van der Waals surface area contributed by atoms with Crippen molar-refractivity contribution in [1.82, 2.24) is 29.6 Å². The van der Waals surface area contributed by atoms with Crippen LogP contribution in [0, 0.1) is 0 Å². The largest absolute Gasteiger partial charge is 0.464 e. The van der Waals surface area contributed by atoms with Crippen LogP contribution in [0.2, 0.25) is 0 Å². The predicted octanol–water partition coefficient (Wildman–Crippen LogP) is 2.73. The zero-order valence-electron chi connectivity index (χ0n) is 19.2. The smallest absolute Gasteiger partial charge is 0.356 e. The zero-order valence-corrected chi connectivity index (χ0v) is 19.2. The Morgan fingerprint density at radius 3 is 2.82 bits per heavy atom. The zero-order chi connectivity index (χ0) is 23.8. The van der Waals surface area contributed by atoms with Gasteiger partial charge in [0.05, 0.1) is 7.11 Å². The summed E-state index contributed by atoms with van der Waals surface area (Å²) in [6.07, 6.45) is 2.53. The first-order valence-corrected chi connectivity index (χ1v) is 11.1. The molecule has 174 valence electrons. The quantitative estimate of drug-likeness (QED) is 0.438. The molecule has 0 aliphatic carbocycles. The molecule has 0 saturated carbocycles. The first-order valence-electron chi connectivity index (χ1n) is 11.1. The van der Waals surface area contributed by atoms with Gasteiger partial charge in [0.15, 0.2) is 17.2 Å². The number of nitrogens with one attached hydrogen (secondary N) is 2. The fourth-order valence-electron chi connectivity index (χ4n) is 4.19. The van der Waals surface area contributed by atoms with Crippen LogP contribution in [0.1, 0.15) is 41.5 Å². The van der Waals surface area contributed by atoms with Crippen LogP contribution in [0.15, 0.2) is 47.4 Å². The fraction of sp³-hybridized carbons (Fsp3) is 0.292. The lowest BCUT2D eigenvalue weighted by Gasteiger charge is -2.18. The Hall–Kier alpha value is -4.05. The Morgan fingerprint density at radius 2 is 2.03 bits per heavy atom. The van der Waals surface area contributed by atoms with Crippen LogP contribution in [0.4, 0.5) is 11.6 Å². The molecule has 2 N–H and O–H groups in total. The summed E-state index contributed by atoms with van der Waals surface area (Å²) in [5.41, 5.74) is 3.74. The van der Waals surface area contributed by atoms with Gasteiger partial charge in [0.2, 0.25) is 5.95 Å². The van der Waals surface area contributed by atoms with Crippen molar-refractivity contribution < 1.29 is 9.53 Å². The Labute approximate surface area is 195 Å². The number of fused-ring (bicyclic) bond motifs is 2. The molecule has 0 bridgehead atoms. The number of anilines is 2. The molecular weight excluding hydrogens is 434 g/mol. The first-order chi connectivity index (χ1) is 16.5. The SMILES string of the molecule is COC(=O)c1cccc(-n2c3nc(Nc4ccc5c(c4)CNCC5)ncc3c(=O)n2C(C)C)n1. The van der Waals surface area contributed by atoms with Crippen LogP contribution in [0.3, 0.4) is 0 Å². The number of ether oxygens (including phenoxy) is 1. The summed E-state index contributed by atoms with van der Waals surface area (Å²) in [5.74, 6) is 0.179. The normalized spacial score (nSPS) is 13.2. The number of methoxy groups -OCH3 is 1. The number of hydrogen-bond acceptors (Lipinski definition) is 8. The van der Waals surface area contributed by atoms with Gasteiger partial charge in [0.25, 0.3) is 5.56 Å². The van der Waals surface area contributed by atoms with Gasteiger partial charge in [-0.1, -0.05) is 12.1 Å². The number of carbonyl (C=O) groups excluding carboxylic acids is 1. The molecule has 3 aromatic heterocycles. The maximum Gasteiger partial charge on any atom is 0.356 e. The molecule has 0 radical (unpaired) electrons. The van der Waals surface area contributed by atoms with Gasteiger partial charge in [-0.3, -0.25) is 4.79 Å². The van der Waals surface area contributed by atoms with E-state index in [4.69, 9.17) is 4.74 Å². The summed E-state index contributed by atoms with van der Waals surface area (Å²) in [5, 5.41) is 6.99. The van der Waals surface area contributed by atoms with E-state index in [9.17, 15) is 9.59 Å². The van der Waals surface area contributed by atoms with Crippen molar-refractivity contribution in [3.63, 3.8) is 0 Å². The first kappa shape index (κ1) is 21.8. The van der Waals surface area contributed by atoms with E-state index >= 15 is 0 Å². The van der Waals surface area contributed by atoms with Crippen LogP contribution >= 0.6 is 0 Å². The number of carbonyl (C=O) groups is 1. The molecule has 0 fully saturated rings. The van der Waals surface area contributed by atoms with E-state index in [-0.39, 0.29) is 17.3 Å². The molecular formula is C24H25N7O3. The number of nitrogens with zero attached hydrogens (tertiary/aromatic N) is 5. The van der Waals surface area contributed by atoms with Crippen molar-refractivity contribution in [2.24, 2.45) is 0 Å². The maximum atomic E-state index is 13.2. The highest BCUT2D eigenvalue weighted by Gasteiger charge is 2.21. The summed E-state index contributed by atoms with van der Waals surface area (Å²) in [4.78, 5) is 38.7. The number of hydrogen-bond donors (Lipinski definition) is 2. The third kappa shape index (κ3) is 3.81. The van der Waals surface area contributed by atoms with E-state index in [1.54, 1.807) is 27.6 Å². The Morgan fingerprint density at radius 1 is 1.18 bits per heavy atom. The molecule has 4 aromatic rings. The topological polar surface area (TPSA) is 116 Å². The Bertz CT molecular complexity index is 1450. The number of esters is 1. The lowest BCUT2D eigenvalue weighted by atomic mass is 10.0. The molecule has 5 rings (SSSR count). The summed E-state index contributed by atoms with van der Waals surface area (Å²) in [6.45, 7) is 5.60. The molecule has 1 aliphatic heterocycles. The average molecular weight is 460 g/mol. The Balaban J connectivity index is 1.62. The van der Waals surface area contributed by atoms with E-state index in [0.717, 1.165) is 25.2 Å². The summed E-state index contributed by atoms with van der Waals surface area (Å²) < 4.78 is 7.98. The van der Waals surface area contributed by atoms with Crippen LogP contribution < -0.4 is 16.2 Å². The lowest BCUT2D eigenvalue weighted by molar-refractivity contribution is 0.0594. The van der Waals surface area contributed by atoms with E-state index in [0.29, 0.717) is 22.8 Å². The molecule has 0 amide bonds. The maximum absolute atomic E-state index is 13.2. The number of pyridine rings is 1. The third-order valence-corrected chi connectivity index (χ3v) is 5.81. The standard InChI is InChI=1S/C24H25N7O3/c1-14(2)30-22(32)18-13-26-24(27-17-8-7-15-9-10-25-12-16(15)11-17)29-21(18)31(30)20-6-4-5-19(28-20)23(33)34-3/h4-8,11,13-14,25H,9-10,12H2,1-3H3,(H,26,27,29). The molecule has 0 spiro atoms. The van der Waals surface area contributed by atoms with Gasteiger partial charge in [0, 0.05) is 24.5 Å². The highest BCUT2D eigenvalue weighted by atomic mass is 16.5. The predicted molar refractivity (Wildman–Crippen MR) is 128 cm³/mol. The van der Waals surface area contributed by atoms with Crippen LogP contribution in [0.25, 0.3) is 16.9 Å². The molecule has 4 heterocycles. The van der Waals surface area contributed by atoms with Crippen molar-refractivity contribution in [3.8, 4) is 5.82 Å². The van der Waals surface area contributed by atoms with Gasteiger partial charge in [0.1, 0.15) is 5.39 Å². The van der Waals surface area contributed by atoms with E-state index in [1.165, 1.54) is 24.4 Å². The van der Waals surface area contributed by atoms with E-state index < -0.39 is 5.97 Å². The molecule has 0 saturated heterocycles. The summed E-state index contributed by atoms with van der Waals surface area (Å²) in [6, 6.07) is 11.0. The van der Waals surface area contributed by atoms with Gasteiger partial charge >= 0.3 is 5.97 Å². The van der Waals surface area contributed by atoms with Crippen LogP contribution in [-0.2, 0) is 17.7 Å². The van der Waals surface area contributed by atoms with Gasteiger partial charge in [-0.15, -0.1) is 0 Å². The summed E-state index contributed by atoms with van der Waals surface area (Å²) >= 11 is 0. The van der Waals surface area contributed by atoms with Crippen molar-refractivity contribution >= 4 is 28.6 Å². The van der Waals surface area contributed by atoms with Crippen LogP contribution in [-0.4, -0.2) is 43.9 Å². The van der Waals surface area contributed by atoms with Gasteiger partial charge < -0.3 is 15.4 Å². The molecule has 0 unspecified atom stereocenters. The molecule has 1 aliphatic rings. The minimum Gasteiger partial charge on any atom is -0.464 e. The highest BCUT2D eigenvalue weighted by molar-refractivity contribution is 5.87. The van der Waals surface area contributed by atoms with Gasteiger partial charge in [-0.25, -0.2) is 24.1 Å². The van der Waals surface area contributed by atoms with E-state index in [2.05, 4.69) is 37.7 Å². The number of benzene rings is 1. The average Bonchev–Trinajstić information content (AvgIpc) is 3.15. The van der Waals surface area contributed by atoms with Crippen molar-refractivity contribution in [1.29, 1.82) is 0 Å². The van der Waals surface area contributed by atoms with Gasteiger partial charge in [-0.05, 0) is 62.2 Å². The molecule has 0 atom stereocenters. The second kappa shape index (κ2) is 8.71. The number of aromatic nitrogens is 5. The molecule has 34 heavy (non-hydrogen) atoms. The van der Waals surface area contributed by atoms with E-state index in [1.807, 2.05) is 19.9 Å². The van der Waals surface area contributed by atoms with Crippen molar-refractivity contribution in [3.05, 3.63) is 69.8 Å². The molecule has 10 heteroatoms. The Kier molecular flexibility index (Phi) is 5.58. The third-order valence-electron chi connectivity index (χ3n) is 5.81. The second-order valence-electron chi connectivity index (χ2n) is 8.39. The number of rotatable bonds is 5. The highest BCUT2D eigenvalue weighted by Crippen LogP contribution is 2.23. The fourth-order valence-corrected chi connectivity index (χ4v) is 4.19. The lowest BCUT2D eigenvalue weighted by Crippen LogP contribution is -2.25. The second-order valence-corrected chi connectivity index (χ2v) is 8.39. The van der Waals surface area contributed by atoms with Crippen LogP contribution in [0.5, 0.6) is 0 Å². The summed E-state index contributed by atoms with van der Waals surface area (Å²) in [7, 11) is 1.30. The minimum absolute atomic E-state index is 0.139. The van der Waals surface area contributed by atoms with Crippen molar-refractivity contribution in [2.75, 3.05) is 19.0 Å². The van der Waals surface area contributed by atoms with Gasteiger partial charge in [-0.2, -0.15) is 4.98 Å². The molecule has 10 nitrogen and oxygen atoms in total.